The molecule has 32 heavy (non-hydrogen) atoms. The van der Waals surface area contributed by atoms with E-state index >= 15 is 0 Å². The number of aromatic nitrogens is 1. The number of methoxy groups -OCH3 is 3. The van der Waals surface area contributed by atoms with Crippen LogP contribution >= 0.6 is 0 Å². The lowest BCUT2D eigenvalue weighted by Gasteiger charge is -2.13. The highest BCUT2D eigenvalue weighted by Crippen LogP contribution is 2.38. The van der Waals surface area contributed by atoms with Gasteiger partial charge in [0.25, 0.3) is 11.5 Å². The van der Waals surface area contributed by atoms with Crippen molar-refractivity contribution < 1.29 is 33.1 Å². The number of ketones is 1. The summed E-state index contributed by atoms with van der Waals surface area (Å²) < 4.78 is 22.6. The second-order valence-corrected chi connectivity index (χ2v) is 6.83. The molecule has 1 N–H and O–H groups in total. The second kappa shape index (κ2) is 10.9. The number of ether oxygens (including phenoxy) is 4. The van der Waals surface area contributed by atoms with Gasteiger partial charge < -0.3 is 18.9 Å². The van der Waals surface area contributed by atoms with Gasteiger partial charge in [0.05, 0.1) is 27.9 Å². The summed E-state index contributed by atoms with van der Waals surface area (Å²) in [5, 5.41) is 7.53. The number of rotatable bonds is 9. The Bertz CT molecular complexity index is 1070. The van der Waals surface area contributed by atoms with Crippen molar-refractivity contribution in [1.29, 1.82) is 5.41 Å². The molecule has 0 radical (unpaired) electrons. The zero-order chi connectivity index (χ0) is 23.8. The summed E-state index contributed by atoms with van der Waals surface area (Å²) in [6, 6.07) is 5.01. The van der Waals surface area contributed by atoms with E-state index in [2.05, 4.69) is 5.87 Å². The first-order chi connectivity index (χ1) is 15.3. The molecule has 0 aliphatic heterocycles. The molecule has 2 aromatic rings. The molecule has 0 spiro atoms. The number of aryl methyl sites for hydroxylation is 2. The Morgan fingerprint density at radius 1 is 1.00 bits per heavy atom. The zero-order valence-corrected chi connectivity index (χ0v) is 19.1. The number of hydrogen-bond donors (Lipinski definition) is 1. The third-order valence-electron chi connectivity index (χ3n) is 4.49. The maximum atomic E-state index is 13.6. The number of nitrogens with one attached hydrogen (secondary N) is 1. The predicted molar refractivity (Wildman–Crippen MR) is 119 cm³/mol. The van der Waals surface area contributed by atoms with Gasteiger partial charge in [-0.3, -0.25) is 10.2 Å². The Labute approximate surface area is 187 Å². The second-order valence-electron chi connectivity index (χ2n) is 6.83. The van der Waals surface area contributed by atoms with Gasteiger partial charge in [-0.15, -0.1) is 0 Å². The maximum Gasteiger partial charge on any atom is 0.347 e. The van der Waals surface area contributed by atoms with Crippen molar-refractivity contribution in [2.45, 2.75) is 20.8 Å². The highest BCUT2D eigenvalue weighted by molar-refractivity contribution is 6.23. The van der Waals surface area contributed by atoms with E-state index < -0.39 is 11.8 Å². The van der Waals surface area contributed by atoms with Crippen LogP contribution < -0.4 is 18.8 Å². The zero-order valence-electron chi connectivity index (χ0n) is 19.1. The smallest absolute Gasteiger partial charge is 0.347 e. The topological polar surface area (TPSA) is 98.8 Å². The van der Waals surface area contributed by atoms with Crippen LogP contribution in [0.25, 0.3) is 5.70 Å². The van der Waals surface area contributed by atoms with Crippen LogP contribution in [0.4, 0.5) is 0 Å². The van der Waals surface area contributed by atoms with Gasteiger partial charge in [0.1, 0.15) is 5.57 Å². The van der Waals surface area contributed by atoms with Crippen LogP contribution in [-0.4, -0.2) is 45.6 Å². The third-order valence-corrected chi connectivity index (χ3v) is 4.49. The molecule has 0 atom stereocenters. The lowest BCUT2D eigenvalue weighted by molar-refractivity contribution is -0.577. The number of pyridine rings is 1. The number of benzene rings is 1. The lowest BCUT2D eigenvalue weighted by atomic mass is 10.0. The van der Waals surface area contributed by atoms with E-state index in [1.54, 1.807) is 23.9 Å². The molecular formula is C24H27N2O6+. The minimum Gasteiger partial charge on any atom is -0.493 e. The first-order valence-electron chi connectivity index (χ1n) is 9.82. The van der Waals surface area contributed by atoms with Gasteiger partial charge in [-0.25, -0.2) is 4.79 Å². The van der Waals surface area contributed by atoms with Crippen LogP contribution in [0.5, 0.6) is 17.2 Å². The van der Waals surface area contributed by atoms with E-state index in [1.807, 2.05) is 19.9 Å². The number of allylic oxidation sites excluding steroid dienone is 1. The normalized spacial score (nSPS) is 10.8. The fraction of sp³-hybridized carbons (Fsp3) is 0.292. The van der Waals surface area contributed by atoms with Crippen LogP contribution in [0.1, 0.15) is 28.4 Å². The van der Waals surface area contributed by atoms with Crippen molar-refractivity contribution in [3.8, 4) is 17.2 Å². The van der Waals surface area contributed by atoms with Crippen LogP contribution in [0.2, 0.25) is 0 Å². The Kier molecular flexibility index (Phi) is 8.32. The SMILES string of the molecule is CCOC(=O)C(=C=N)/C=C(/C(=O)c1cc(OC)c(OC)c(OC)c1)[n+]1cc(C)cc(C)c1. The quantitative estimate of drug-likeness (QED) is 0.161. The Balaban J connectivity index is 2.75. The summed E-state index contributed by atoms with van der Waals surface area (Å²) in [6.45, 7) is 5.57. The molecule has 0 unspecified atom stereocenters. The molecule has 0 aliphatic rings. The fourth-order valence-electron chi connectivity index (χ4n) is 3.16. The van der Waals surface area contributed by atoms with E-state index in [-0.39, 0.29) is 23.4 Å². The summed E-state index contributed by atoms with van der Waals surface area (Å²) >= 11 is 0. The molecule has 0 saturated heterocycles. The average molecular weight is 439 g/mol. The minimum absolute atomic E-state index is 0.119. The number of carbonyl (C=O) groups excluding carboxylic acids is 2. The molecule has 0 amide bonds. The molecule has 2 rings (SSSR count). The van der Waals surface area contributed by atoms with E-state index in [0.29, 0.717) is 17.2 Å². The van der Waals surface area contributed by atoms with Crippen LogP contribution in [-0.2, 0) is 9.53 Å². The van der Waals surface area contributed by atoms with Crippen molar-refractivity contribution >= 4 is 23.3 Å². The van der Waals surface area contributed by atoms with Gasteiger partial charge in [-0.2, -0.15) is 4.57 Å². The summed E-state index contributed by atoms with van der Waals surface area (Å²) in [5.74, 6) is 1.86. The number of esters is 1. The summed E-state index contributed by atoms with van der Waals surface area (Å²) in [7, 11) is 4.38. The molecular weight excluding hydrogens is 412 g/mol. The molecule has 8 nitrogen and oxygen atoms in total. The maximum absolute atomic E-state index is 13.6. The van der Waals surface area contributed by atoms with E-state index in [9.17, 15) is 9.59 Å². The highest BCUT2D eigenvalue weighted by atomic mass is 16.5. The Morgan fingerprint density at radius 2 is 1.56 bits per heavy atom. The first-order valence-corrected chi connectivity index (χ1v) is 9.82. The van der Waals surface area contributed by atoms with E-state index in [1.165, 1.54) is 39.5 Å². The molecule has 0 saturated carbocycles. The Morgan fingerprint density at radius 3 is 2.00 bits per heavy atom. The molecule has 0 bridgehead atoms. The number of carbonyl (C=O) groups is 2. The van der Waals surface area contributed by atoms with Gasteiger partial charge in [-0.1, -0.05) is 0 Å². The lowest BCUT2D eigenvalue weighted by Crippen LogP contribution is -2.37. The molecule has 1 aromatic carbocycles. The molecule has 1 aromatic heterocycles. The standard InChI is InChI=1S/C24H27N2O6/c1-7-32-24(28)18(12-25)9-19(26-13-15(2)8-16(3)14-26)22(27)17-10-20(29-4)23(31-6)21(11-17)30-5/h8-11,13-14,25H,7H2,1-6H3/q+1/b19-9-. The van der Waals surface area contributed by atoms with Gasteiger partial charge in [0, 0.05) is 22.8 Å². The highest BCUT2D eigenvalue weighted by Gasteiger charge is 2.27. The van der Waals surface area contributed by atoms with Gasteiger partial charge in [0.15, 0.2) is 23.9 Å². The molecule has 168 valence electrons. The van der Waals surface area contributed by atoms with Crippen molar-refractivity contribution in [3.05, 3.63) is 58.9 Å². The first kappa shape index (κ1) is 24.4. The molecule has 0 fully saturated rings. The fourth-order valence-corrected chi connectivity index (χ4v) is 3.16. The number of nitrogens with zero attached hydrogens (tertiary/aromatic N) is 1. The predicted octanol–water partition coefficient (Wildman–Crippen LogP) is 3.08. The van der Waals surface area contributed by atoms with Crippen LogP contribution in [0.15, 0.2) is 42.2 Å². The average Bonchev–Trinajstić information content (AvgIpc) is 2.77. The summed E-state index contributed by atoms with van der Waals surface area (Å²) in [5.41, 5.74) is 1.99. The summed E-state index contributed by atoms with van der Waals surface area (Å²) in [4.78, 5) is 25.9. The Hall–Kier alpha value is -3.90. The monoisotopic (exact) mass is 439 g/mol. The minimum atomic E-state index is -0.748. The number of hydrogen-bond acceptors (Lipinski definition) is 7. The van der Waals surface area contributed by atoms with Crippen molar-refractivity contribution in [1.82, 2.24) is 0 Å². The largest absolute Gasteiger partial charge is 0.493 e. The van der Waals surface area contributed by atoms with E-state index in [4.69, 9.17) is 24.4 Å². The number of Topliss-reactive ketones (excluding diaryl/α,β-unsaturated/α-hetero) is 1. The van der Waals surface area contributed by atoms with Crippen LogP contribution in [0.3, 0.4) is 0 Å². The van der Waals surface area contributed by atoms with Crippen LogP contribution in [0, 0.1) is 19.3 Å². The van der Waals surface area contributed by atoms with Gasteiger partial charge >= 0.3 is 5.97 Å². The van der Waals surface area contributed by atoms with E-state index in [0.717, 1.165) is 11.1 Å². The summed E-state index contributed by atoms with van der Waals surface area (Å²) in [6.07, 6.45) is 4.79. The van der Waals surface area contributed by atoms with Crippen molar-refractivity contribution in [2.75, 3.05) is 27.9 Å². The van der Waals surface area contributed by atoms with Crippen molar-refractivity contribution in [3.63, 3.8) is 0 Å². The van der Waals surface area contributed by atoms with Crippen molar-refractivity contribution in [2.24, 2.45) is 0 Å². The molecule has 0 aliphatic carbocycles. The molecule has 1 heterocycles. The van der Waals surface area contributed by atoms with Gasteiger partial charge in [0.2, 0.25) is 5.75 Å². The van der Waals surface area contributed by atoms with Gasteiger partial charge in [-0.05, 0) is 44.8 Å². The third kappa shape index (κ3) is 5.42. The molecule has 8 heteroatoms.